The fourth-order valence-electron chi connectivity index (χ4n) is 2.66. The number of ether oxygens (including phenoxy) is 1. The van der Waals surface area contributed by atoms with Crippen LogP contribution in [-0.4, -0.2) is 84.7 Å². The Bertz CT molecular complexity index is 456. The zero-order valence-corrected chi connectivity index (χ0v) is 12.1. The van der Waals surface area contributed by atoms with Gasteiger partial charge in [-0.05, 0) is 6.07 Å². The predicted molar refractivity (Wildman–Crippen MR) is 78.1 cm³/mol. The Labute approximate surface area is 124 Å². The van der Waals surface area contributed by atoms with Gasteiger partial charge in [0.05, 0.1) is 19.8 Å². The molecule has 2 saturated heterocycles. The third-order valence-electron chi connectivity index (χ3n) is 3.93. The summed E-state index contributed by atoms with van der Waals surface area (Å²) >= 11 is 0. The highest BCUT2D eigenvalue weighted by Gasteiger charge is 2.24. The maximum atomic E-state index is 12.3. The molecule has 1 aromatic heterocycles. The standard InChI is InChI=1S/C14H21N5O2/c20-13(12-17-8-10-21-11-9-17)18-4-6-19(7-5-18)14-15-2-1-3-16-14/h1-3H,4-12H2. The lowest BCUT2D eigenvalue weighted by Gasteiger charge is -2.36. The lowest BCUT2D eigenvalue weighted by Crippen LogP contribution is -2.52. The molecule has 2 fully saturated rings. The van der Waals surface area contributed by atoms with E-state index < -0.39 is 0 Å². The molecule has 0 N–H and O–H groups in total. The van der Waals surface area contributed by atoms with Crippen LogP contribution in [0.3, 0.4) is 0 Å². The number of hydrogen-bond acceptors (Lipinski definition) is 6. The van der Waals surface area contributed by atoms with Crippen LogP contribution in [0.1, 0.15) is 0 Å². The minimum Gasteiger partial charge on any atom is -0.379 e. The molecule has 3 heterocycles. The summed E-state index contributed by atoms with van der Waals surface area (Å²) in [5, 5.41) is 0. The zero-order chi connectivity index (χ0) is 14.5. The molecule has 7 nitrogen and oxygen atoms in total. The lowest BCUT2D eigenvalue weighted by atomic mass is 10.3. The Hall–Kier alpha value is -1.73. The maximum absolute atomic E-state index is 12.3. The van der Waals surface area contributed by atoms with Crippen molar-refractivity contribution >= 4 is 11.9 Å². The summed E-state index contributed by atoms with van der Waals surface area (Å²) in [6, 6.07) is 1.81. The highest BCUT2D eigenvalue weighted by atomic mass is 16.5. The molecule has 21 heavy (non-hydrogen) atoms. The molecule has 3 rings (SSSR count). The molecule has 0 radical (unpaired) electrons. The van der Waals surface area contributed by atoms with Gasteiger partial charge in [-0.1, -0.05) is 0 Å². The third kappa shape index (κ3) is 3.68. The molecule has 7 heteroatoms. The van der Waals surface area contributed by atoms with Crippen LogP contribution in [0, 0.1) is 0 Å². The molecule has 2 aliphatic heterocycles. The number of aromatic nitrogens is 2. The largest absolute Gasteiger partial charge is 0.379 e. The summed E-state index contributed by atoms with van der Waals surface area (Å²) in [6.07, 6.45) is 3.50. The van der Waals surface area contributed by atoms with E-state index in [-0.39, 0.29) is 5.91 Å². The van der Waals surface area contributed by atoms with E-state index in [4.69, 9.17) is 4.74 Å². The first-order chi connectivity index (χ1) is 10.3. The predicted octanol–water partition coefficient (Wildman–Crippen LogP) is -0.543. The molecule has 0 bridgehead atoms. The van der Waals surface area contributed by atoms with Gasteiger partial charge >= 0.3 is 0 Å². The first kappa shape index (κ1) is 14.2. The molecule has 114 valence electrons. The van der Waals surface area contributed by atoms with Gasteiger partial charge < -0.3 is 14.5 Å². The number of amides is 1. The van der Waals surface area contributed by atoms with Gasteiger partial charge in [0.2, 0.25) is 11.9 Å². The van der Waals surface area contributed by atoms with Crippen LogP contribution in [0.5, 0.6) is 0 Å². The van der Waals surface area contributed by atoms with E-state index >= 15 is 0 Å². The molecule has 0 saturated carbocycles. The molecule has 0 atom stereocenters. The Morgan fingerprint density at radius 2 is 1.71 bits per heavy atom. The summed E-state index contributed by atoms with van der Waals surface area (Å²) in [5.74, 6) is 0.961. The molecular weight excluding hydrogens is 270 g/mol. The second-order valence-electron chi connectivity index (χ2n) is 5.31. The fraction of sp³-hybridized carbons (Fsp3) is 0.643. The van der Waals surface area contributed by atoms with Gasteiger partial charge in [0.15, 0.2) is 0 Å². The van der Waals surface area contributed by atoms with Crippen molar-refractivity contribution in [1.29, 1.82) is 0 Å². The topological polar surface area (TPSA) is 61.8 Å². The normalized spacial score (nSPS) is 20.6. The number of rotatable bonds is 3. The number of carbonyl (C=O) groups is 1. The molecule has 1 aromatic rings. The number of morpholine rings is 1. The van der Waals surface area contributed by atoms with Crippen LogP contribution < -0.4 is 4.90 Å². The van der Waals surface area contributed by atoms with Crippen molar-refractivity contribution in [2.24, 2.45) is 0 Å². The average molecular weight is 291 g/mol. The van der Waals surface area contributed by atoms with Gasteiger partial charge in [0, 0.05) is 51.7 Å². The summed E-state index contributed by atoms with van der Waals surface area (Å²) in [4.78, 5) is 27.0. The lowest BCUT2D eigenvalue weighted by molar-refractivity contribution is -0.133. The van der Waals surface area contributed by atoms with Crippen LogP contribution >= 0.6 is 0 Å². The summed E-state index contributed by atoms with van der Waals surface area (Å²) in [5.41, 5.74) is 0. The van der Waals surface area contributed by atoms with Crippen molar-refractivity contribution in [2.75, 3.05) is 63.9 Å². The van der Waals surface area contributed by atoms with E-state index in [0.717, 1.165) is 58.4 Å². The monoisotopic (exact) mass is 291 g/mol. The molecule has 0 aliphatic carbocycles. The molecule has 0 unspecified atom stereocenters. The van der Waals surface area contributed by atoms with Gasteiger partial charge in [-0.3, -0.25) is 9.69 Å². The van der Waals surface area contributed by atoms with Gasteiger partial charge in [-0.25, -0.2) is 9.97 Å². The van der Waals surface area contributed by atoms with Gasteiger partial charge in [-0.2, -0.15) is 0 Å². The molecule has 0 spiro atoms. The summed E-state index contributed by atoms with van der Waals surface area (Å²) in [6.45, 7) is 6.72. The third-order valence-corrected chi connectivity index (χ3v) is 3.93. The summed E-state index contributed by atoms with van der Waals surface area (Å²) < 4.78 is 5.30. The van der Waals surface area contributed by atoms with Crippen molar-refractivity contribution in [3.8, 4) is 0 Å². The Morgan fingerprint density at radius 1 is 1.05 bits per heavy atom. The number of carbonyl (C=O) groups excluding carboxylic acids is 1. The fourth-order valence-corrected chi connectivity index (χ4v) is 2.66. The zero-order valence-electron chi connectivity index (χ0n) is 12.1. The maximum Gasteiger partial charge on any atom is 0.236 e. The van der Waals surface area contributed by atoms with Crippen LogP contribution in [0.2, 0.25) is 0 Å². The highest BCUT2D eigenvalue weighted by Crippen LogP contribution is 2.10. The van der Waals surface area contributed by atoms with E-state index in [9.17, 15) is 4.79 Å². The number of piperazine rings is 1. The first-order valence-electron chi connectivity index (χ1n) is 7.43. The molecule has 1 amide bonds. The molecular formula is C14H21N5O2. The van der Waals surface area contributed by atoms with Crippen molar-refractivity contribution in [3.05, 3.63) is 18.5 Å². The first-order valence-corrected chi connectivity index (χ1v) is 7.43. The van der Waals surface area contributed by atoms with Gasteiger partial charge in [0.25, 0.3) is 0 Å². The minimum absolute atomic E-state index is 0.213. The summed E-state index contributed by atoms with van der Waals surface area (Å²) in [7, 11) is 0. The van der Waals surface area contributed by atoms with Crippen molar-refractivity contribution < 1.29 is 9.53 Å². The smallest absolute Gasteiger partial charge is 0.236 e. The van der Waals surface area contributed by atoms with Crippen molar-refractivity contribution in [1.82, 2.24) is 19.8 Å². The molecule has 0 aromatic carbocycles. The van der Waals surface area contributed by atoms with Crippen LogP contribution in [0.15, 0.2) is 18.5 Å². The van der Waals surface area contributed by atoms with E-state index in [2.05, 4.69) is 19.8 Å². The minimum atomic E-state index is 0.213. The van der Waals surface area contributed by atoms with Crippen LogP contribution in [-0.2, 0) is 9.53 Å². The van der Waals surface area contributed by atoms with E-state index in [1.807, 2.05) is 11.0 Å². The average Bonchev–Trinajstić information content (AvgIpc) is 2.57. The number of hydrogen-bond donors (Lipinski definition) is 0. The van der Waals surface area contributed by atoms with E-state index in [0.29, 0.717) is 6.54 Å². The SMILES string of the molecule is O=C(CN1CCOCC1)N1CCN(c2ncccn2)CC1. The van der Waals surface area contributed by atoms with E-state index in [1.54, 1.807) is 12.4 Å². The molecule has 2 aliphatic rings. The van der Waals surface area contributed by atoms with Gasteiger partial charge in [-0.15, -0.1) is 0 Å². The second kappa shape index (κ2) is 6.82. The van der Waals surface area contributed by atoms with E-state index in [1.165, 1.54) is 0 Å². The van der Waals surface area contributed by atoms with Gasteiger partial charge in [0.1, 0.15) is 0 Å². The quantitative estimate of drug-likeness (QED) is 0.745. The van der Waals surface area contributed by atoms with Crippen LogP contribution in [0.4, 0.5) is 5.95 Å². The van der Waals surface area contributed by atoms with Crippen molar-refractivity contribution in [3.63, 3.8) is 0 Å². The Balaban J connectivity index is 1.47. The Morgan fingerprint density at radius 3 is 2.38 bits per heavy atom. The Kier molecular flexibility index (Phi) is 4.62. The second-order valence-corrected chi connectivity index (χ2v) is 5.31. The highest BCUT2D eigenvalue weighted by molar-refractivity contribution is 5.78. The van der Waals surface area contributed by atoms with Crippen LogP contribution in [0.25, 0.3) is 0 Å². The van der Waals surface area contributed by atoms with Crippen molar-refractivity contribution in [2.45, 2.75) is 0 Å². The number of anilines is 1. The number of nitrogens with zero attached hydrogens (tertiary/aromatic N) is 5.